The number of unbranched alkanes of at least 4 members (excludes halogenated alkanes) is 3. The van der Waals surface area contributed by atoms with E-state index in [1.54, 1.807) is 0 Å². The Kier molecular flexibility index (Phi) is 7.61. The number of hydrogen-bond acceptors (Lipinski definition) is 2. The van der Waals surface area contributed by atoms with Gasteiger partial charge in [0, 0.05) is 13.2 Å². The van der Waals surface area contributed by atoms with Gasteiger partial charge in [-0.3, -0.25) is 0 Å². The predicted octanol–water partition coefficient (Wildman–Crippen LogP) is 3.68. The zero-order valence-corrected chi connectivity index (χ0v) is 10.1. The van der Waals surface area contributed by atoms with E-state index in [1.807, 2.05) is 0 Å². The van der Waals surface area contributed by atoms with Crippen molar-refractivity contribution < 1.29 is 4.74 Å². The quantitative estimate of drug-likeness (QED) is 0.481. The van der Waals surface area contributed by atoms with Crippen molar-refractivity contribution in [3.63, 3.8) is 0 Å². The Morgan fingerprint density at radius 2 is 1.71 bits per heavy atom. The smallest absolute Gasteiger partial charge is 0.0494 e. The second-order valence-electron chi connectivity index (χ2n) is 4.36. The van der Waals surface area contributed by atoms with E-state index in [9.17, 15) is 0 Å². The second kappa shape index (κ2) is 8.60. The van der Waals surface area contributed by atoms with Crippen molar-refractivity contribution in [2.75, 3.05) is 19.0 Å². The van der Waals surface area contributed by atoms with Gasteiger partial charge in [0.05, 0.1) is 0 Å². The van der Waals surface area contributed by atoms with Crippen LogP contribution in [-0.4, -0.2) is 19.0 Å². The van der Waals surface area contributed by atoms with Gasteiger partial charge in [-0.05, 0) is 37.4 Å². The second-order valence-corrected chi connectivity index (χ2v) is 4.81. The molecule has 2 heteroatoms. The van der Waals surface area contributed by atoms with Crippen LogP contribution in [0.25, 0.3) is 0 Å². The molecule has 1 saturated carbocycles. The molecule has 84 valence electrons. The van der Waals surface area contributed by atoms with E-state index in [1.165, 1.54) is 51.4 Å². The van der Waals surface area contributed by atoms with Crippen LogP contribution in [0, 0.1) is 5.92 Å². The molecule has 0 N–H and O–H groups in total. The molecule has 1 rings (SSSR count). The molecule has 0 saturated heterocycles. The lowest BCUT2D eigenvalue weighted by atomic mass is 10.1. The molecule has 0 radical (unpaired) electrons. The van der Waals surface area contributed by atoms with Gasteiger partial charge in [0.2, 0.25) is 0 Å². The minimum Gasteiger partial charge on any atom is -0.381 e. The maximum Gasteiger partial charge on any atom is 0.0494 e. The fraction of sp³-hybridized carbons (Fsp3) is 1.00. The van der Waals surface area contributed by atoms with Crippen molar-refractivity contribution >= 4 is 12.6 Å². The fourth-order valence-corrected chi connectivity index (χ4v) is 2.32. The molecule has 1 fully saturated rings. The molecule has 1 aliphatic carbocycles. The minimum atomic E-state index is 0.882. The lowest BCUT2D eigenvalue weighted by molar-refractivity contribution is 0.0979. The summed E-state index contributed by atoms with van der Waals surface area (Å²) < 4.78 is 5.68. The summed E-state index contributed by atoms with van der Waals surface area (Å²) in [6.45, 7) is 2.00. The van der Waals surface area contributed by atoms with Gasteiger partial charge in [-0.25, -0.2) is 0 Å². The lowest BCUT2D eigenvalue weighted by Crippen LogP contribution is -2.06. The van der Waals surface area contributed by atoms with E-state index >= 15 is 0 Å². The summed E-state index contributed by atoms with van der Waals surface area (Å²) in [6, 6.07) is 0. The molecule has 0 amide bonds. The first-order valence-electron chi connectivity index (χ1n) is 6.12. The molecule has 1 aliphatic rings. The van der Waals surface area contributed by atoms with Gasteiger partial charge < -0.3 is 4.74 Å². The molecule has 14 heavy (non-hydrogen) atoms. The Morgan fingerprint density at radius 1 is 1.00 bits per heavy atom. The number of hydrogen-bond donors (Lipinski definition) is 1. The maximum absolute atomic E-state index is 5.68. The standard InChI is InChI=1S/C12H24OS/c14-10-6-2-1-5-9-13-11-12-7-3-4-8-12/h12,14H,1-11H2. The topological polar surface area (TPSA) is 9.23 Å². The Labute approximate surface area is 94.0 Å². The summed E-state index contributed by atoms with van der Waals surface area (Å²) in [6.07, 6.45) is 10.8. The van der Waals surface area contributed by atoms with Crippen LogP contribution in [0.3, 0.4) is 0 Å². The van der Waals surface area contributed by atoms with Gasteiger partial charge in [0.15, 0.2) is 0 Å². The van der Waals surface area contributed by atoms with Gasteiger partial charge in [-0.2, -0.15) is 12.6 Å². The van der Waals surface area contributed by atoms with Crippen LogP contribution in [0.1, 0.15) is 51.4 Å². The van der Waals surface area contributed by atoms with Crippen LogP contribution in [0.4, 0.5) is 0 Å². The van der Waals surface area contributed by atoms with Crippen LogP contribution in [0.15, 0.2) is 0 Å². The molecular formula is C12H24OS. The number of thiol groups is 1. The van der Waals surface area contributed by atoms with Crippen molar-refractivity contribution in [1.82, 2.24) is 0 Å². The monoisotopic (exact) mass is 216 g/mol. The van der Waals surface area contributed by atoms with Crippen molar-refractivity contribution in [2.45, 2.75) is 51.4 Å². The number of rotatable bonds is 8. The van der Waals surface area contributed by atoms with E-state index < -0.39 is 0 Å². The summed E-state index contributed by atoms with van der Waals surface area (Å²) in [7, 11) is 0. The van der Waals surface area contributed by atoms with E-state index in [4.69, 9.17) is 4.74 Å². The molecule has 0 aromatic carbocycles. The third-order valence-corrected chi connectivity index (χ3v) is 3.34. The van der Waals surface area contributed by atoms with Gasteiger partial charge in [-0.15, -0.1) is 0 Å². The van der Waals surface area contributed by atoms with Crippen LogP contribution in [0.5, 0.6) is 0 Å². The van der Waals surface area contributed by atoms with Crippen LogP contribution in [-0.2, 0) is 4.74 Å². The average molecular weight is 216 g/mol. The Bertz CT molecular complexity index is 121. The third-order valence-electron chi connectivity index (χ3n) is 3.03. The van der Waals surface area contributed by atoms with E-state index in [0.717, 1.165) is 24.9 Å². The summed E-state index contributed by atoms with van der Waals surface area (Å²) in [5.74, 6) is 1.91. The van der Waals surface area contributed by atoms with E-state index in [0.29, 0.717) is 0 Å². The molecular weight excluding hydrogens is 192 g/mol. The van der Waals surface area contributed by atoms with Crippen molar-refractivity contribution in [2.24, 2.45) is 5.92 Å². The molecule has 0 atom stereocenters. The largest absolute Gasteiger partial charge is 0.381 e. The summed E-state index contributed by atoms with van der Waals surface area (Å²) in [5, 5.41) is 0. The normalized spacial score (nSPS) is 17.8. The first-order valence-corrected chi connectivity index (χ1v) is 6.75. The molecule has 0 aromatic rings. The van der Waals surface area contributed by atoms with Crippen molar-refractivity contribution in [3.05, 3.63) is 0 Å². The highest BCUT2D eigenvalue weighted by Gasteiger charge is 2.14. The summed E-state index contributed by atoms with van der Waals surface area (Å²) in [4.78, 5) is 0. The van der Waals surface area contributed by atoms with Gasteiger partial charge in [-0.1, -0.05) is 25.7 Å². The van der Waals surface area contributed by atoms with Crippen LogP contribution >= 0.6 is 12.6 Å². The van der Waals surface area contributed by atoms with E-state index in [2.05, 4.69) is 12.6 Å². The molecule has 0 aromatic heterocycles. The highest BCUT2D eigenvalue weighted by Crippen LogP contribution is 2.24. The maximum atomic E-state index is 5.68. The molecule has 0 aliphatic heterocycles. The first-order chi connectivity index (χ1) is 6.93. The van der Waals surface area contributed by atoms with Gasteiger partial charge in [0.1, 0.15) is 0 Å². The van der Waals surface area contributed by atoms with Crippen LogP contribution < -0.4 is 0 Å². The van der Waals surface area contributed by atoms with Crippen molar-refractivity contribution in [3.8, 4) is 0 Å². The van der Waals surface area contributed by atoms with Gasteiger partial charge in [0.25, 0.3) is 0 Å². The molecule has 0 unspecified atom stereocenters. The summed E-state index contributed by atoms with van der Waals surface area (Å²) in [5.41, 5.74) is 0. The highest BCUT2D eigenvalue weighted by atomic mass is 32.1. The minimum absolute atomic E-state index is 0.882. The predicted molar refractivity (Wildman–Crippen MR) is 65.1 cm³/mol. The van der Waals surface area contributed by atoms with Gasteiger partial charge >= 0.3 is 0 Å². The highest BCUT2D eigenvalue weighted by molar-refractivity contribution is 7.80. The first kappa shape index (κ1) is 12.4. The fourth-order valence-electron chi connectivity index (χ4n) is 2.10. The SMILES string of the molecule is SCCCCCCOCC1CCCC1. The number of ether oxygens (including phenoxy) is 1. The molecule has 1 nitrogen and oxygen atoms in total. The Morgan fingerprint density at radius 3 is 2.43 bits per heavy atom. The zero-order valence-electron chi connectivity index (χ0n) is 9.21. The zero-order chi connectivity index (χ0) is 10.1. The molecule has 0 spiro atoms. The van der Waals surface area contributed by atoms with E-state index in [-0.39, 0.29) is 0 Å². The lowest BCUT2D eigenvalue weighted by Gasteiger charge is -2.09. The molecule has 0 bridgehead atoms. The van der Waals surface area contributed by atoms with Crippen molar-refractivity contribution in [1.29, 1.82) is 0 Å². The molecule has 0 heterocycles. The van der Waals surface area contributed by atoms with Crippen LogP contribution in [0.2, 0.25) is 0 Å². The summed E-state index contributed by atoms with van der Waals surface area (Å²) >= 11 is 4.19. The Hall–Kier alpha value is 0.310. The Balaban J connectivity index is 1.75. The third kappa shape index (κ3) is 5.92. The average Bonchev–Trinajstić information content (AvgIpc) is 2.69.